The molecule has 0 radical (unpaired) electrons. The molecule has 0 fully saturated rings. The summed E-state index contributed by atoms with van der Waals surface area (Å²) in [5.41, 5.74) is 1.20. The quantitative estimate of drug-likeness (QED) is 0.529. The normalized spacial score (nSPS) is 10.8. The van der Waals surface area contributed by atoms with E-state index in [1.165, 1.54) is 6.07 Å². The zero-order valence-corrected chi connectivity index (χ0v) is 15.4. The first-order chi connectivity index (χ1) is 11.8. The number of halogens is 2. The molecule has 0 aromatic heterocycles. The minimum Gasteiger partial charge on any atom is -0.336 e. The van der Waals surface area contributed by atoms with Gasteiger partial charge in [-0.15, -0.1) is 0 Å². The summed E-state index contributed by atoms with van der Waals surface area (Å²) < 4.78 is 0. The van der Waals surface area contributed by atoms with Crippen LogP contribution in [0.4, 0.5) is 5.69 Å². The number of nitro benzene ring substituents is 1. The maximum Gasteiger partial charge on any atom is 0.273 e. The third-order valence-electron chi connectivity index (χ3n) is 3.81. The van der Waals surface area contributed by atoms with Crippen molar-refractivity contribution in [3.8, 4) is 0 Å². The number of nitro groups is 1. The van der Waals surface area contributed by atoms with Crippen LogP contribution in [0.15, 0.2) is 42.5 Å². The van der Waals surface area contributed by atoms with Crippen LogP contribution in [0.3, 0.4) is 0 Å². The summed E-state index contributed by atoms with van der Waals surface area (Å²) in [7, 11) is 0. The molecule has 0 aliphatic carbocycles. The van der Waals surface area contributed by atoms with Crippen LogP contribution in [0.25, 0.3) is 0 Å². The highest BCUT2D eigenvalue weighted by Gasteiger charge is 2.22. The van der Waals surface area contributed by atoms with Crippen molar-refractivity contribution >= 4 is 34.8 Å². The average molecular weight is 381 g/mol. The molecule has 5 nitrogen and oxygen atoms in total. The summed E-state index contributed by atoms with van der Waals surface area (Å²) in [6, 6.07) is 11.4. The van der Waals surface area contributed by atoms with Gasteiger partial charge in [-0.2, -0.15) is 0 Å². The summed E-state index contributed by atoms with van der Waals surface area (Å²) in [5.74, 6) is -0.185. The van der Waals surface area contributed by atoms with Crippen LogP contribution < -0.4 is 0 Å². The highest BCUT2D eigenvalue weighted by atomic mass is 35.5. The smallest absolute Gasteiger partial charge is 0.273 e. The molecule has 7 heteroatoms. The Balaban J connectivity index is 2.21. The lowest BCUT2D eigenvalue weighted by molar-refractivity contribution is -0.385. The second-order valence-corrected chi connectivity index (χ2v) is 6.74. The molecule has 0 saturated carbocycles. The summed E-state index contributed by atoms with van der Waals surface area (Å²) in [4.78, 5) is 25.0. The predicted octanol–water partition coefficient (Wildman–Crippen LogP) is 4.88. The summed E-state index contributed by atoms with van der Waals surface area (Å²) >= 11 is 12.0. The number of carbonyl (C=O) groups is 1. The number of hydrogen-bond acceptors (Lipinski definition) is 3. The molecule has 1 amide bonds. The van der Waals surface area contributed by atoms with E-state index in [1.807, 2.05) is 19.9 Å². The zero-order valence-electron chi connectivity index (χ0n) is 13.9. The Labute approximate surface area is 156 Å². The first kappa shape index (κ1) is 19.2. The molecule has 0 aliphatic heterocycles. The lowest BCUT2D eigenvalue weighted by Gasteiger charge is -2.27. The Hall–Kier alpha value is -2.11. The van der Waals surface area contributed by atoms with E-state index in [0.717, 1.165) is 5.56 Å². The molecular formula is C18H18Cl2N2O3. The van der Waals surface area contributed by atoms with Gasteiger partial charge in [0.25, 0.3) is 5.69 Å². The van der Waals surface area contributed by atoms with Gasteiger partial charge in [-0.3, -0.25) is 14.9 Å². The average Bonchev–Trinajstić information content (AvgIpc) is 2.55. The molecule has 2 aromatic rings. The van der Waals surface area contributed by atoms with Crippen LogP contribution in [-0.2, 0) is 17.8 Å². The van der Waals surface area contributed by atoms with Gasteiger partial charge in [-0.25, -0.2) is 0 Å². The third kappa shape index (κ3) is 4.94. The van der Waals surface area contributed by atoms with E-state index in [4.69, 9.17) is 23.2 Å². The third-order valence-corrected chi connectivity index (χ3v) is 4.55. The molecule has 0 unspecified atom stereocenters. The predicted molar refractivity (Wildman–Crippen MR) is 98.9 cm³/mol. The minimum atomic E-state index is -0.471. The Bertz CT molecular complexity index is 794. The SMILES string of the molecule is CC(C)N(Cc1ccc(Cl)c(Cl)c1)C(=O)Cc1ccccc1[N+](=O)[O-]. The first-order valence-corrected chi connectivity index (χ1v) is 8.51. The van der Waals surface area contributed by atoms with E-state index in [0.29, 0.717) is 22.2 Å². The van der Waals surface area contributed by atoms with Crippen LogP contribution >= 0.6 is 23.2 Å². The topological polar surface area (TPSA) is 63.5 Å². The van der Waals surface area contributed by atoms with Gasteiger partial charge in [0.15, 0.2) is 0 Å². The van der Waals surface area contributed by atoms with E-state index in [9.17, 15) is 14.9 Å². The van der Waals surface area contributed by atoms with Gasteiger partial charge in [0, 0.05) is 24.2 Å². The summed E-state index contributed by atoms with van der Waals surface area (Å²) in [6.45, 7) is 4.15. The number of carbonyl (C=O) groups excluding carboxylic acids is 1. The Morgan fingerprint density at radius 3 is 2.44 bits per heavy atom. The molecule has 0 N–H and O–H groups in total. The van der Waals surface area contributed by atoms with Crippen molar-refractivity contribution in [2.75, 3.05) is 0 Å². The molecule has 2 rings (SSSR count). The molecule has 0 bridgehead atoms. The van der Waals surface area contributed by atoms with Gasteiger partial charge in [-0.05, 0) is 31.5 Å². The van der Waals surface area contributed by atoms with Crippen molar-refractivity contribution in [1.29, 1.82) is 0 Å². The first-order valence-electron chi connectivity index (χ1n) is 7.75. The van der Waals surface area contributed by atoms with Crippen LogP contribution in [-0.4, -0.2) is 21.8 Å². The van der Waals surface area contributed by atoms with Gasteiger partial charge in [0.05, 0.1) is 21.4 Å². The number of rotatable bonds is 6. The lowest BCUT2D eigenvalue weighted by Crippen LogP contribution is -2.37. The van der Waals surface area contributed by atoms with Gasteiger partial charge in [0.1, 0.15) is 0 Å². The Morgan fingerprint density at radius 1 is 1.16 bits per heavy atom. The fourth-order valence-electron chi connectivity index (χ4n) is 2.50. The number of para-hydroxylation sites is 1. The van der Waals surface area contributed by atoms with Crippen molar-refractivity contribution in [2.45, 2.75) is 32.9 Å². The van der Waals surface area contributed by atoms with Crippen molar-refractivity contribution in [3.05, 3.63) is 73.8 Å². The standard InChI is InChI=1S/C18H18Cl2N2O3/c1-12(2)21(11-13-7-8-15(19)16(20)9-13)18(23)10-14-5-3-4-6-17(14)22(24)25/h3-9,12H,10-11H2,1-2H3. The van der Waals surface area contributed by atoms with Crippen LogP contribution in [0.5, 0.6) is 0 Å². The minimum absolute atomic E-state index is 0.0311. The van der Waals surface area contributed by atoms with E-state index < -0.39 is 4.92 Å². The van der Waals surface area contributed by atoms with Gasteiger partial charge in [-0.1, -0.05) is 47.5 Å². The van der Waals surface area contributed by atoms with E-state index in [1.54, 1.807) is 35.2 Å². The van der Waals surface area contributed by atoms with Crippen molar-refractivity contribution in [2.24, 2.45) is 0 Å². The molecule has 25 heavy (non-hydrogen) atoms. The van der Waals surface area contributed by atoms with Crippen molar-refractivity contribution in [3.63, 3.8) is 0 Å². The van der Waals surface area contributed by atoms with Gasteiger partial charge >= 0.3 is 0 Å². The molecule has 2 aromatic carbocycles. The van der Waals surface area contributed by atoms with Crippen LogP contribution in [0.2, 0.25) is 10.0 Å². The van der Waals surface area contributed by atoms with E-state index >= 15 is 0 Å². The Morgan fingerprint density at radius 2 is 1.84 bits per heavy atom. The highest BCUT2D eigenvalue weighted by molar-refractivity contribution is 6.42. The molecule has 0 saturated heterocycles. The molecule has 0 aliphatic rings. The number of amides is 1. The zero-order chi connectivity index (χ0) is 18.6. The maximum absolute atomic E-state index is 12.7. The largest absolute Gasteiger partial charge is 0.336 e. The van der Waals surface area contributed by atoms with Crippen LogP contribution in [0, 0.1) is 10.1 Å². The van der Waals surface area contributed by atoms with Crippen molar-refractivity contribution < 1.29 is 9.72 Å². The number of hydrogen-bond donors (Lipinski definition) is 0. The number of benzene rings is 2. The summed E-state index contributed by atoms with van der Waals surface area (Å²) in [6.07, 6.45) is -0.0311. The molecule has 0 heterocycles. The Kier molecular flexibility index (Phi) is 6.39. The monoisotopic (exact) mass is 380 g/mol. The molecule has 132 valence electrons. The fourth-order valence-corrected chi connectivity index (χ4v) is 2.82. The van der Waals surface area contributed by atoms with E-state index in [-0.39, 0.29) is 24.1 Å². The van der Waals surface area contributed by atoms with Gasteiger partial charge in [0.2, 0.25) is 5.91 Å². The van der Waals surface area contributed by atoms with E-state index in [2.05, 4.69) is 0 Å². The maximum atomic E-state index is 12.7. The van der Waals surface area contributed by atoms with Crippen LogP contribution in [0.1, 0.15) is 25.0 Å². The lowest BCUT2D eigenvalue weighted by atomic mass is 10.1. The fraction of sp³-hybridized carbons (Fsp3) is 0.278. The molecule has 0 spiro atoms. The number of nitrogens with zero attached hydrogens (tertiary/aromatic N) is 2. The van der Waals surface area contributed by atoms with Gasteiger partial charge < -0.3 is 4.90 Å². The second-order valence-electron chi connectivity index (χ2n) is 5.93. The second kappa shape index (κ2) is 8.32. The summed E-state index contributed by atoms with van der Waals surface area (Å²) in [5, 5.41) is 12.0. The molecular weight excluding hydrogens is 363 g/mol. The van der Waals surface area contributed by atoms with Crippen molar-refractivity contribution in [1.82, 2.24) is 4.90 Å². The molecule has 0 atom stereocenters. The highest BCUT2D eigenvalue weighted by Crippen LogP contribution is 2.24.